The zero-order valence-electron chi connectivity index (χ0n) is 19.0. The third kappa shape index (κ3) is 5.63. The smallest absolute Gasteiger partial charge is 0.256 e. The first-order valence-corrected chi connectivity index (χ1v) is 10.8. The van der Waals surface area contributed by atoms with Crippen molar-refractivity contribution in [3.63, 3.8) is 0 Å². The zero-order valence-corrected chi connectivity index (χ0v) is 19.0. The highest BCUT2D eigenvalue weighted by atomic mass is 16.2. The van der Waals surface area contributed by atoms with Gasteiger partial charge in [-0.15, -0.1) is 0 Å². The number of aryl methyl sites for hydroxylation is 2. The SMILES string of the molecule is Cc1cccc(C(=O)Nc2ccc(C)c(C(=O)Nc3cnc(Cc4cccc(N)c4)nc3)c2)c1. The maximum absolute atomic E-state index is 12.9. The molecule has 2 amide bonds. The summed E-state index contributed by atoms with van der Waals surface area (Å²) in [4.78, 5) is 34.2. The number of nitrogen functional groups attached to an aromatic ring is 1. The standard InChI is InChI=1S/C27H25N5O2/c1-17-5-3-7-20(11-17)26(33)31-22-10-9-18(2)24(14-22)27(34)32-23-15-29-25(30-16-23)13-19-6-4-8-21(28)12-19/h3-12,14-16H,13,28H2,1-2H3,(H,31,33)(H,32,34). The van der Waals surface area contributed by atoms with E-state index in [1.807, 2.05) is 56.3 Å². The first-order chi connectivity index (χ1) is 16.4. The van der Waals surface area contributed by atoms with Gasteiger partial charge in [0, 0.05) is 28.9 Å². The van der Waals surface area contributed by atoms with E-state index < -0.39 is 0 Å². The highest BCUT2D eigenvalue weighted by Gasteiger charge is 2.13. The molecule has 0 radical (unpaired) electrons. The van der Waals surface area contributed by atoms with Gasteiger partial charge in [-0.05, 0) is 61.4 Å². The molecule has 34 heavy (non-hydrogen) atoms. The summed E-state index contributed by atoms with van der Waals surface area (Å²) >= 11 is 0. The molecule has 0 aliphatic carbocycles. The number of aromatic nitrogens is 2. The second kappa shape index (κ2) is 9.95. The molecule has 1 aromatic heterocycles. The molecule has 4 N–H and O–H groups in total. The number of amides is 2. The predicted molar refractivity (Wildman–Crippen MR) is 134 cm³/mol. The second-order valence-electron chi connectivity index (χ2n) is 8.12. The highest BCUT2D eigenvalue weighted by molar-refractivity contribution is 6.08. The van der Waals surface area contributed by atoms with Gasteiger partial charge in [-0.25, -0.2) is 9.97 Å². The van der Waals surface area contributed by atoms with Crippen LogP contribution in [0.2, 0.25) is 0 Å². The van der Waals surface area contributed by atoms with Crippen LogP contribution in [0.1, 0.15) is 43.2 Å². The topological polar surface area (TPSA) is 110 Å². The van der Waals surface area contributed by atoms with Crippen molar-refractivity contribution in [2.45, 2.75) is 20.3 Å². The van der Waals surface area contributed by atoms with Gasteiger partial charge in [-0.3, -0.25) is 9.59 Å². The molecular formula is C27H25N5O2. The van der Waals surface area contributed by atoms with Crippen LogP contribution in [-0.2, 0) is 6.42 Å². The summed E-state index contributed by atoms with van der Waals surface area (Å²) in [6, 6.07) is 20.1. The minimum absolute atomic E-state index is 0.233. The van der Waals surface area contributed by atoms with Gasteiger partial charge in [-0.1, -0.05) is 35.9 Å². The third-order valence-corrected chi connectivity index (χ3v) is 5.30. The lowest BCUT2D eigenvalue weighted by Crippen LogP contribution is -2.16. The largest absolute Gasteiger partial charge is 0.399 e. The molecule has 0 aliphatic heterocycles. The Morgan fingerprint density at radius 3 is 2.29 bits per heavy atom. The molecule has 7 heteroatoms. The fraction of sp³-hybridized carbons (Fsp3) is 0.111. The van der Waals surface area contributed by atoms with Crippen LogP contribution in [0.15, 0.2) is 79.1 Å². The summed E-state index contributed by atoms with van der Waals surface area (Å²) < 4.78 is 0. The van der Waals surface area contributed by atoms with E-state index in [-0.39, 0.29) is 11.8 Å². The Morgan fingerprint density at radius 2 is 1.56 bits per heavy atom. The Bertz CT molecular complexity index is 1350. The Morgan fingerprint density at radius 1 is 0.824 bits per heavy atom. The summed E-state index contributed by atoms with van der Waals surface area (Å²) in [5, 5.41) is 5.68. The van der Waals surface area contributed by atoms with Crippen LogP contribution in [0, 0.1) is 13.8 Å². The van der Waals surface area contributed by atoms with Crippen LogP contribution >= 0.6 is 0 Å². The van der Waals surface area contributed by atoms with E-state index >= 15 is 0 Å². The second-order valence-corrected chi connectivity index (χ2v) is 8.12. The summed E-state index contributed by atoms with van der Waals surface area (Å²) in [6.45, 7) is 3.77. The number of anilines is 3. The molecule has 0 fully saturated rings. The Balaban J connectivity index is 1.44. The van der Waals surface area contributed by atoms with Gasteiger partial charge < -0.3 is 16.4 Å². The van der Waals surface area contributed by atoms with E-state index in [1.54, 1.807) is 36.7 Å². The summed E-state index contributed by atoms with van der Waals surface area (Å²) in [7, 11) is 0. The van der Waals surface area contributed by atoms with E-state index in [2.05, 4.69) is 20.6 Å². The number of carbonyl (C=O) groups excluding carboxylic acids is 2. The number of nitrogens with zero attached hydrogens (tertiary/aromatic N) is 2. The average Bonchev–Trinajstić information content (AvgIpc) is 2.81. The molecule has 0 saturated carbocycles. The van der Waals surface area contributed by atoms with Crippen molar-refractivity contribution in [3.8, 4) is 0 Å². The first kappa shape index (κ1) is 22.7. The fourth-order valence-electron chi connectivity index (χ4n) is 3.53. The van der Waals surface area contributed by atoms with Crippen molar-refractivity contribution in [3.05, 3.63) is 113 Å². The Kier molecular flexibility index (Phi) is 6.64. The molecule has 170 valence electrons. The van der Waals surface area contributed by atoms with Gasteiger partial charge in [0.05, 0.1) is 18.1 Å². The minimum atomic E-state index is -0.309. The van der Waals surface area contributed by atoms with E-state index in [4.69, 9.17) is 5.73 Å². The van der Waals surface area contributed by atoms with Gasteiger partial charge in [0.25, 0.3) is 11.8 Å². The molecule has 3 aromatic carbocycles. The number of hydrogen-bond acceptors (Lipinski definition) is 5. The Hall–Kier alpha value is -4.52. The van der Waals surface area contributed by atoms with E-state index in [0.717, 1.165) is 16.7 Å². The highest BCUT2D eigenvalue weighted by Crippen LogP contribution is 2.19. The number of hydrogen-bond donors (Lipinski definition) is 3. The normalized spacial score (nSPS) is 10.5. The molecule has 0 aliphatic rings. The van der Waals surface area contributed by atoms with E-state index in [9.17, 15) is 9.59 Å². The van der Waals surface area contributed by atoms with Crippen molar-refractivity contribution in [2.24, 2.45) is 0 Å². The molecule has 0 spiro atoms. The fourth-order valence-corrected chi connectivity index (χ4v) is 3.53. The summed E-state index contributed by atoms with van der Waals surface area (Å²) in [5.41, 5.74) is 11.3. The molecular weight excluding hydrogens is 426 g/mol. The van der Waals surface area contributed by atoms with Crippen LogP contribution < -0.4 is 16.4 Å². The minimum Gasteiger partial charge on any atom is -0.399 e. The van der Waals surface area contributed by atoms with Gasteiger partial charge in [0.2, 0.25) is 0 Å². The maximum Gasteiger partial charge on any atom is 0.256 e. The summed E-state index contributed by atoms with van der Waals surface area (Å²) in [5.74, 6) is 0.0834. The van der Waals surface area contributed by atoms with Gasteiger partial charge in [0.1, 0.15) is 5.82 Å². The molecule has 0 saturated heterocycles. The van der Waals surface area contributed by atoms with Crippen LogP contribution in [0.3, 0.4) is 0 Å². The first-order valence-electron chi connectivity index (χ1n) is 10.8. The summed E-state index contributed by atoms with van der Waals surface area (Å²) in [6.07, 6.45) is 3.69. The molecule has 1 heterocycles. The molecule has 0 unspecified atom stereocenters. The monoisotopic (exact) mass is 451 g/mol. The lowest BCUT2D eigenvalue weighted by molar-refractivity contribution is 0.101. The van der Waals surface area contributed by atoms with Crippen LogP contribution in [0.25, 0.3) is 0 Å². The number of nitrogens with two attached hydrogens (primary N) is 1. The Labute approximate surface area is 198 Å². The lowest BCUT2D eigenvalue weighted by Gasteiger charge is -2.11. The molecule has 4 aromatic rings. The van der Waals surface area contributed by atoms with Crippen molar-refractivity contribution in [2.75, 3.05) is 16.4 Å². The molecule has 0 atom stereocenters. The average molecular weight is 452 g/mol. The number of benzene rings is 3. The third-order valence-electron chi connectivity index (χ3n) is 5.30. The predicted octanol–water partition coefficient (Wildman–Crippen LogP) is 4.77. The zero-order chi connectivity index (χ0) is 24.1. The van der Waals surface area contributed by atoms with Gasteiger partial charge >= 0.3 is 0 Å². The number of rotatable bonds is 6. The molecule has 0 bridgehead atoms. The quantitative estimate of drug-likeness (QED) is 0.366. The van der Waals surface area contributed by atoms with Gasteiger partial charge in [0.15, 0.2) is 0 Å². The van der Waals surface area contributed by atoms with Crippen molar-refractivity contribution in [1.29, 1.82) is 0 Å². The van der Waals surface area contributed by atoms with Crippen molar-refractivity contribution < 1.29 is 9.59 Å². The lowest BCUT2D eigenvalue weighted by atomic mass is 10.1. The van der Waals surface area contributed by atoms with Gasteiger partial charge in [-0.2, -0.15) is 0 Å². The van der Waals surface area contributed by atoms with Crippen LogP contribution in [0.5, 0.6) is 0 Å². The number of nitrogens with one attached hydrogen (secondary N) is 2. The molecule has 4 rings (SSSR count). The van der Waals surface area contributed by atoms with E-state index in [0.29, 0.717) is 40.4 Å². The van der Waals surface area contributed by atoms with Crippen molar-refractivity contribution in [1.82, 2.24) is 9.97 Å². The van der Waals surface area contributed by atoms with Crippen molar-refractivity contribution >= 4 is 28.9 Å². The van der Waals surface area contributed by atoms with Crippen LogP contribution in [-0.4, -0.2) is 21.8 Å². The number of carbonyl (C=O) groups is 2. The van der Waals surface area contributed by atoms with E-state index in [1.165, 1.54) is 0 Å². The van der Waals surface area contributed by atoms with Crippen LogP contribution in [0.4, 0.5) is 17.1 Å². The molecule has 7 nitrogen and oxygen atoms in total. The maximum atomic E-state index is 12.9.